The van der Waals surface area contributed by atoms with Crippen LogP contribution in [0.2, 0.25) is 0 Å². The van der Waals surface area contributed by atoms with Crippen LogP contribution in [0.15, 0.2) is 6.20 Å². The standard InChI is InChI=1S/C22H37N3O15S/c1-36-20-16(33)13(30)11(28)8(37-20)3-25-2-7(23-24-25)6-41-22-18(35)15(32)19(10(5-27)39-22)40-21-17(34)14(31)12(29)9(4-26)38-21/h2,8-22,26-35H,3-6H2,1H3/t8-,9-,10-,11-,12+,13+,14+,15-,16-,17-,18-,19-,20+,21+,22+/m1/s1. The van der Waals surface area contributed by atoms with Gasteiger partial charge < -0.3 is 74.7 Å². The number of ether oxygens (including phenoxy) is 5. The third kappa shape index (κ3) is 7.01. The number of hydrogen-bond donors (Lipinski definition) is 10. The average molecular weight is 616 g/mol. The minimum atomic E-state index is -1.76. The quantitative estimate of drug-likeness (QED) is 0.117. The fourth-order valence-electron chi connectivity index (χ4n) is 4.80. The van der Waals surface area contributed by atoms with Crippen molar-refractivity contribution in [3.63, 3.8) is 0 Å². The molecular formula is C22H37N3O15S. The lowest BCUT2D eigenvalue weighted by Crippen LogP contribution is -2.64. The molecule has 18 nitrogen and oxygen atoms in total. The highest BCUT2D eigenvalue weighted by molar-refractivity contribution is 7.99. The van der Waals surface area contributed by atoms with Crippen molar-refractivity contribution in [1.29, 1.82) is 0 Å². The van der Waals surface area contributed by atoms with Crippen LogP contribution in [0.5, 0.6) is 0 Å². The predicted octanol–water partition coefficient (Wildman–Crippen LogP) is -6.41. The van der Waals surface area contributed by atoms with Gasteiger partial charge in [0.2, 0.25) is 0 Å². The molecule has 19 heteroatoms. The van der Waals surface area contributed by atoms with Crippen LogP contribution in [0.4, 0.5) is 0 Å². The Balaban J connectivity index is 1.33. The topological polar surface area (TPSA) is 279 Å². The molecule has 236 valence electrons. The largest absolute Gasteiger partial charge is 0.394 e. The van der Waals surface area contributed by atoms with Gasteiger partial charge in [-0.05, 0) is 0 Å². The second-order valence-electron chi connectivity index (χ2n) is 10.00. The molecule has 0 amide bonds. The first-order valence-corrected chi connectivity index (χ1v) is 13.9. The lowest BCUT2D eigenvalue weighted by molar-refractivity contribution is -0.338. The highest BCUT2D eigenvalue weighted by Crippen LogP contribution is 2.34. The molecule has 4 rings (SSSR count). The summed E-state index contributed by atoms with van der Waals surface area (Å²) in [4.78, 5) is 0. The first-order valence-electron chi connectivity index (χ1n) is 12.8. The van der Waals surface area contributed by atoms with Crippen LogP contribution in [-0.2, 0) is 36.0 Å². The number of methoxy groups -OCH3 is 1. The molecule has 1 aromatic heterocycles. The molecule has 3 fully saturated rings. The van der Waals surface area contributed by atoms with E-state index in [4.69, 9.17) is 23.7 Å². The summed E-state index contributed by atoms with van der Waals surface area (Å²) in [5, 5.41) is 109. The van der Waals surface area contributed by atoms with Crippen LogP contribution in [0, 0.1) is 0 Å². The van der Waals surface area contributed by atoms with Crippen molar-refractivity contribution in [3.05, 3.63) is 11.9 Å². The van der Waals surface area contributed by atoms with Crippen molar-refractivity contribution >= 4 is 11.8 Å². The third-order valence-electron chi connectivity index (χ3n) is 7.21. The molecule has 3 aliphatic heterocycles. The molecule has 0 spiro atoms. The maximum atomic E-state index is 10.8. The number of aliphatic hydroxyl groups is 10. The highest BCUT2D eigenvalue weighted by Gasteiger charge is 2.50. The molecule has 41 heavy (non-hydrogen) atoms. The summed E-state index contributed by atoms with van der Waals surface area (Å²) < 4.78 is 28.4. The molecule has 0 saturated carbocycles. The Morgan fingerprint density at radius 2 is 1.37 bits per heavy atom. The molecule has 10 N–H and O–H groups in total. The zero-order valence-corrected chi connectivity index (χ0v) is 22.6. The van der Waals surface area contributed by atoms with Crippen molar-refractivity contribution in [3.8, 4) is 0 Å². The Labute approximate surface area is 237 Å². The third-order valence-corrected chi connectivity index (χ3v) is 8.39. The van der Waals surface area contributed by atoms with Gasteiger partial charge >= 0.3 is 0 Å². The second-order valence-corrected chi connectivity index (χ2v) is 11.1. The van der Waals surface area contributed by atoms with Crippen LogP contribution >= 0.6 is 11.8 Å². The molecule has 0 radical (unpaired) electrons. The summed E-state index contributed by atoms with van der Waals surface area (Å²) in [6.07, 6.45) is -18.7. The van der Waals surface area contributed by atoms with Crippen LogP contribution in [0.3, 0.4) is 0 Å². The van der Waals surface area contributed by atoms with Crippen LogP contribution in [0.1, 0.15) is 5.69 Å². The summed E-state index contributed by atoms with van der Waals surface area (Å²) in [7, 11) is 1.28. The molecule has 4 heterocycles. The van der Waals surface area contributed by atoms with E-state index in [-0.39, 0.29) is 12.3 Å². The Morgan fingerprint density at radius 3 is 2.00 bits per heavy atom. The fourth-order valence-corrected chi connectivity index (χ4v) is 5.85. The normalized spacial score (nSPS) is 45.6. The van der Waals surface area contributed by atoms with Crippen LogP contribution < -0.4 is 0 Å². The Bertz CT molecular complexity index is 959. The lowest BCUT2D eigenvalue weighted by Gasteiger charge is -2.46. The Hall–Kier alpha value is -1.11. The second kappa shape index (κ2) is 14.1. The van der Waals surface area contributed by atoms with E-state index in [1.165, 1.54) is 18.0 Å². The van der Waals surface area contributed by atoms with Crippen LogP contribution in [-0.4, -0.2) is 178 Å². The molecule has 0 bridgehead atoms. The van der Waals surface area contributed by atoms with Gasteiger partial charge in [0.25, 0.3) is 0 Å². The predicted molar refractivity (Wildman–Crippen MR) is 131 cm³/mol. The van der Waals surface area contributed by atoms with Gasteiger partial charge in [0, 0.05) is 19.1 Å². The van der Waals surface area contributed by atoms with Gasteiger partial charge in [0.05, 0.1) is 25.5 Å². The number of hydrogen-bond acceptors (Lipinski definition) is 18. The highest BCUT2D eigenvalue weighted by atomic mass is 32.2. The number of thioether (sulfide) groups is 1. The summed E-state index contributed by atoms with van der Waals surface area (Å²) >= 11 is 1.02. The zero-order chi connectivity index (χ0) is 30.0. The molecule has 15 atom stereocenters. The van der Waals surface area contributed by atoms with E-state index in [1.54, 1.807) is 0 Å². The minimum Gasteiger partial charge on any atom is -0.394 e. The smallest absolute Gasteiger partial charge is 0.187 e. The Morgan fingerprint density at radius 1 is 0.756 bits per heavy atom. The number of nitrogens with zero attached hydrogens (tertiary/aromatic N) is 3. The summed E-state index contributed by atoms with van der Waals surface area (Å²) in [6.45, 7) is -1.39. The molecule has 0 aliphatic carbocycles. The van der Waals surface area contributed by atoms with E-state index < -0.39 is 104 Å². The first kappa shape index (κ1) is 32.8. The van der Waals surface area contributed by atoms with Gasteiger partial charge in [-0.1, -0.05) is 5.21 Å². The zero-order valence-electron chi connectivity index (χ0n) is 21.8. The van der Waals surface area contributed by atoms with E-state index in [9.17, 15) is 51.1 Å². The Kier molecular flexibility index (Phi) is 11.3. The van der Waals surface area contributed by atoms with Gasteiger partial charge in [-0.2, -0.15) is 0 Å². The average Bonchev–Trinajstić information content (AvgIpc) is 3.42. The molecule has 0 unspecified atom stereocenters. The maximum absolute atomic E-state index is 10.8. The minimum absolute atomic E-state index is 0.0344. The summed E-state index contributed by atoms with van der Waals surface area (Å²) in [5.41, 5.74) is -0.653. The van der Waals surface area contributed by atoms with Gasteiger partial charge in [-0.3, -0.25) is 0 Å². The first-order chi connectivity index (χ1) is 19.5. The SMILES string of the molecule is CO[C@H]1O[C@H](Cn2cc(CS[C@@H]3O[C@H](CO)[C@@H](O[C@@H]4O[C@H](CO)[C@H](O)[C@H](O)[C@H]4O)[C@H](O)[C@H]3O)nn2)[C@@H](O)[C@H](O)[C@H]1O. The van der Waals surface area contributed by atoms with E-state index in [0.29, 0.717) is 5.69 Å². The van der Waals surface area contributed by atoms with Crippen LogP contribution in [0.25, 0.3) is 0 Å². The molecule has 0 aromatic carbocycles. The summed E-state index contributed by atoms with van der Waals surface area (Å²) in [5.74, 6) is 0.126. The van der Waals surface area contributed by atoms with E-state index >= 15 is 0 Å². The molecule has 3 saturated heterocycles. The van der Waals surface area contributed by atoms with Crippen molar-refractivity contribution in [1.82, 2.24) is 15.0 Å². The molecule has 3 aliphatic rings. The van der Waals surface area contributed by atoms with Crippen molar-refractivity contribution in [2.24, 2.45) is 0 Å². The lowest BCUT2D eigenvalue weighted by atomic mass is 9.97. The van der Waals surface area contributed by atoms with Gasteiger partial charge in [-0.15, -0.1) is 16.9 Å². The van der Waals surface area contributed by atoms with Crippen molar-refractivity contribution < 1.29 is 74.7 Å². The van der Waals surface area contributed by atoms with Gasteiger partial charge in [0.1, 0.15) is 78.7 Å². The number of aromatic nitrogens is 3. The van der Waals surface area contributed by atoms with Gasteiger partial charge in [0.15, 0.2) is 12.6 Å². The maximum Gasteiger partial charge on any atom is 0.187 e. The van der Waals surface area contributed by atoms with E-state index in [1.807, 2.05) is 0 Å². The molecular weight excluding hydrogens is 578 g/mol. The van der Waals surface area contributed by atoms with Gasteiger partial charge in [-0.25, -0.2) is 4.68 Å². The fraction of sp³-hybridized carbons (Fsp3) is 0.909. The molecule has 1 aromatic rings. The number of rotatable bonds is 10. The monoisotopic (exact) mass is 615 g/mol. The van der Waals surface area contributed by atoms with E-state index in [2.05, 4.69) is 10.3 Å². The van der Waals surface area contributed by atoms with Crippen molar-refractivity contribution in [2.75, 3.05) is 20.3 Å². The van der Waals surface area contributed by atoms with E-state index in [0.717, 1.165) is 11.8 Å². The number of aliphatic hydroxyl groups excluding tert-OH is 10. The van der Waals surface area contributed by atoms with Crippen molar-refractivity contribution in [2.45, 2.75) is 104 Å². The summed E-state index contributed by atoms with van der Waals surface area (Å²) in [6, 6.07) is 0.